The van der Waals surface area contributed by atoms with Crippen molar-refractivity contribution in [2.45, 2.75) is 16.7 Å². The Morgan fingerprint density at radius 2 is 2.33 bits per heavy atom. The van der Waals surface area contributed by atoms with E-state index in [1.165, 1.54) is 0 Å². The van der Waals surface area contributed by atoms with Gasteiger partial charge in [-0.05, 0) is 11.1 Å². The van der Waals surface area contributed by atoms with Gasteiger partial charge in [-0.2, -0.15) is 0 Å². The molecule has 0 amide bonds. The lowest BCUT2D eigenvalue weighted by molar-refractivity contribution is 0.866. The van der Waals surface area contributed by atoms with Crippen LogP contribution in [0.4, 0.5) is 0 Å². The van der Waals surface area contributed by atoms with Crippen molar-refractivity contribution < 1.29 is 2.74 Å². The third-order valence-corrected chi connectivity index (χ3v) is 2.72. The highest BCUT2D eigenvalue weighted by Crippen LogP contribution is 2.35. The van der Waals surface area contributed by atoms with Gasteiger partial charge in [0.2, 0.25) is 0 Å². The molecule has 0 aliphatic heterocycles. The van der Waals surface area contributed by atoms with Gasteiger partial charge in [0.25, 0.3) is 0 Å². The maximum Gasteiger partial charge on any atom is 0.0626 e. The molecular formula is C11H11I. The van der Waals surface area contributed by atoms with Crippen LogP contribution in [0.1, 0.15) is 26.7 Å². The fraction of sp³-hybridized carbons (Fsp3) is 0.273. The highest BCUT2D eigenvalue weighted by molar-refractivity contribution is 14.1. The van der Waals surface area contributed by atoms with Crippen molar-refractivity contribution in [1.29, 1.82) is 0 Å². The first-order valence-electron chi connectivity index (χ1n) is 4.99. The Balaban J connectivity index is 2.62. The Morgan fingerprint density at radius 3 is 3.08 bits per heavy atom. The minimum absolute atomic E-state index is 0.170. The van der Waals surface area contributed by atoms with E-state index in [9.17, 15) is 0 Å². The topological polar surface area (TPSA) is 0 Å². The quantitative estimate of drug-likeness (QED) is 0.541. The Bertz CT molecular complexity index is 398. The number of rotatable bonds is 1. The van der Waals surface area contributed by atoms with Crippen LogP contribution in [-0.4, -0.2) is 3.92 Å². The van der Waals surface area contributed by atoms with Gasteiger partial charge < -0.3 is 0 Å². The molecule has 0 unspecified atom stereocenters. The average molecular weight is 272 g/mol. The molecule has 0 nitrogen and oxygen atoms in total. The number of allylic oxidation sites excluding steroid dienone is 1. The van der Waals surface area contributed by atoms with Crippen LogP contribution < -0.4 is 0 Å². The molecule has 0 N–H and O–H groups in total. The number of fused-ring (bicyclic) bond motifs is 1. The predicted octanol–water partition coefficient (Wildman–Crippen LogP) is 3.62. The molecule has 1 aromatic carbocycles. The molecule has 12 heavy (non-hydrogen) atoms. The van der Waals surface area contributed by atoms with Gasteiger partial charge in [0.15, 0.2) is 0 Å². The first-order chi connectivity index (χ1) is 6.55. The molecule has 0 fully saturated rings. The summed E-state index contributed by atoms with van der Waals surface area (Å²) in [7, 11) is 0. The summed E-state index contributed by atoms with van der Waals surface area (Å²) < 4.78 is 16.3. The fourth-order valence-corrected chi connectivity index (χ4v) is 1.94. The molecule has 2 rings (SSSR count). The minimum Gasteiger partial charge on any atom is -0.0819 e. The standard InChI is InChI=1S/C11H11I/c1-8(12)10-7-6-9-4-2-3-5-11(9)10/h2-8,10H,1H3/t8-,10-/m0/s1/i6D,10D. The van der Waals surface area contributed by atoms with E-state index in [1.807, 2.05) is 31.2 Å². The van der Waals surface area contributed by atoms with Crippen LogP contribution in [-0.2, 0) is 0 Å². The molecule has 0 radical (unpaired) electrons. The van der Waals surface area contributed by atoms with Gasteiger partial charge in [-0.25, -0.2) is 0 Å². The van der Waals surface area contributed by atoms with Crippen molar-refractivity contribution in [1.82, 2.24) is 0 Å². The second-order valence-electron chi connectivity index (χ2n) is 2.91. The van der Waals surface area contributed by atoms with Crippen LogP contribution in [0.5, 0.6) is 0 Å². The van der Waals surface area contributed by atoms with E-state index in [0.29, 0.717) is 6.05 Å². The molecule has 0 heterocycles. The number of alkyl halides is 1. The second-order valence-corrected chi connectivity index (χ2v) is 4.77. The largest absolute Gasteiger partial charge is 0.0819 e. The van der Waals surface area contributed by atoms with Crippen LogP contribution in [0.25, 0.3) is 6.05 Å². The highest BCUT2D eigenvalue weighted by atomic mass is 127. The van der Waals surface area contributed by atoms with Crippen molar-refractivity contribution in [3.05, 3.63) is 41.5 Å². The molecule has 1 aromatic rings. The van der Waals surface area contributed by atoms with Gasteiger partial charge in [-0.15, -0.1) is 0 Å². The van der Waals surface area contributed by atoms with Gasteiger partial charge in [-0.1, -0.05) is 65.9 Å². The summed E-state index contributed by atoms with van der Waals surface area (Å²) in [5.41, 5.74) is 1.87. The number of halogens is 1. The lowest BCUT2D eigenvalue weighted by Gasteiger charge is -2.12. The molecule has 1 heteroatoms. The molecule has 0 spiro atoms. The van der Waals surface area contributed by atoms with E-state index in [-0.39, 0.29) is 3.92 Å². The van der Waals surface area contributed by atoms with Crippen molar-refractivity contribution >= 4 is 28.6 Å². The Hall–Kier alpha value is -0.310. The van der Waals surface area contributed by atoms with Crippen molar-refractivity contribution in [2.24, 2.45) is 0 Å². The minimum atomic E-state index is -0.714. The monoisotopic (exact) mass is 272 g/mol. The predicted molar refractivity (Wildman–Crippen MR) is 61.7 cm³/mol. The van der Waals surface area contributed by atoms with E-state index in [0.717, 1.165) is 11.1 Å². The molecule has 0 saturated heterocycles. The lowest BCUT2D eigenvalue weighted by Crippen LogP contribution is -2.03. The van der Waals surface area contributed by atoms with Gasteiger partial charge in [0.05, 0.1) is 1.37 Å². The normalized spacial score (nSPS) is 31.7. The maximum absolute atomic E-state index is 8.34. The molecule has 1 aliphatic rings. The van der Waals surface area contributed by atoms with Gasteiger partial charge >= 0.3 is 0 Å². The first kappa shape index (κ1) is 6.19. The zero-order chi connectivity index (χ0) is 10.3. The SMILES string of the molecule is [2H]C1=C[C@@]([2H])([C@H](C)I)c2ccccc21. The number of benzene rings is 1. The Labute approximate surface area is 89.6 Å². The second kappa shape index (κ2) is 3.21. The molecule has 0 saturated carbocycles. The van der Waals surface area contributed by atoms with E-state index < -0.39 is 5.89 Å². The van der Waals surface area contributed by atoms with Gasteiger partial charge in [0, 0.05) is 11.2 Å². The Morgan fingerprint density at radius 1 is 1.58 bits per heavy atom. The molecule has 1 aliphatic carbocycles. The molecule has 0 aromatic heterocycles. The summed E-state index contributed by atoms with van der Waals surface area (Å²) in [6.07, 6.45) is 1.74. The number of hydrogen-bond donors (Lipinski definition) is 0. The highest BCUT2D eigenvalue weighted by Gasteiger charge is 2.19. The van der Waals surface area contributed by atoms with Crippen molar-refractivity contribution in [2.75, 3.05) is 0 Å². The molecule has 2 atom stereocenters. The summed E-state index contributed by atoms with van der Waals surface area (Å²) in [5.74, 6) is -0.714. The van der Waals surface area contributed by atoms with Crippen LogP contribution >= 0.6 is 22.6 Å². The van der Waals surface area contributed by atoms with Crippen LogP contribution in [0, 0.1) is 0 Å². The molecule has 62 valence electrons. The molecular weight excluding hydrogens is 259 g/mol. The van der Waals surface area contributed by atoms with Crippen LogP contribution in [0.15, 0.2) is 30.3 Å². The third kappa shape index (κ3) is 1.30. The van der Waals surface area contributed by atoms with Crippen molar-refractivity contribution in [3.8, 4) is 0 Å². The Kier molecular flexibility index (Phi) is 1.65. The van der Waals surface area contributed by atoms with E-state index in [1.54, 1.807) is 6.08 Å². The summed E-state index contributed by atoms with van der Waals surface area (Å²) >= 11 is 2.25. The summed E-state index contributed by atoms with van der Waals surface area (Å²) in [4.78, 5) is 0. The lowest BCUT2D eigenvalue weighted by atomic mass is 9.99. The number of hydrogen-bond acceptors (Lipinski definition) is 0. The summed E-state index contributed by atoms with van der Waals surface area (Å²) in [5, 5.41) is 0. The molecule has 0 bridgehead atoms. The third-order valence-electron chi connectivity index (χ3n) is 2.05. The summed E-state index contributed by atoms with van der Waals surface area (Å²) in [6, 6.07) is 8.22. The van der Waals surface area contributed by atoms with E-state index >= 15 is 0 Å². The van der Waals surface area contributed by atoms with Crippen LogP contribution in [0.3, 0.4) is 0 Å². The zero-order valence-electron chi connectivity index (χ0n) is 8.84. The fourth-order valence-electron chi connectivity index (χ4n) is 1.42. The average Bonchev–Trinajstić information content (AvgIpc) is 2.42. The summed E-state index contributed by atoms with van der Waals surface area (Å²) in [6.45, 7) is 2.01. The van der Waals surface area contributed by atoms with Gasteiger partial charge in [-0.3, -0.25) is 0 Å². The smallest absolute Gasteiger partial charge is 0.0626 e. The van der Waals surface area contributed by atoms with Crippen LogP contribution in [0.2, 0.25) is 0 Å². The van der Waals surface area contributed by atoms with Gasteiger partial charge in [0.1, 0.15) is 0 Å². The van der Waals surface area contributed by atoms with Crippen molar-refractivity contribution in [3.63, 3.8) is 0 Å². The first-order valence-corrected chi connectivity index (χ1v) is 5.23. The van der Waals surface area contributed by atoms with E-state index in [2.05, 4.69) is 22.6 Å². The maximum atomic E-state index is 8.34. The van der Waals surface area contributed by atoms with E-state index in [4.69, 9.17) is 2.74 Å². The zero-order valence-corrected chi connectivity index (χ0v) is 9.00.